The van der Waals surface area contributed by atoms with Gasteiger partial charge >= 0.3 is 5.97 Å². The van der Waals surface area contributed by atoms with Crippen molar-refractivity contribution in [1.29, 1.82) is 0 Å². The van der Waals surface area contributed by atoms with Gasteiger partial charge in [0.2, 0.25) is 10.0 Å². The SMILES string of the molecule is Cc1[nH]c(C(=O)O)c(C)c1S(=O)(=O)N[C@H](CO)C(C)C. The number of carboxylic acid groups (broad SMARTS) is 1. The summed E-state index contributed by atoms with van der Waals surface area (Å²) in [6.45, 7) is 6.17. The van der Waals surface area contributed by atoms with Gasteiger partial charge < -0.3 is 15.2 Å². The van der Waals surface area contributed by atoms with Gasteiger partial charge in [0.25, 0.3) is 0 Å². The molecule has 1 atom stereocenters. The van der Waals surface area contributed by atoms with Gasteiger partial charge in [-0.15, -0.1) is 0 Å². The van der Waals surface area contributed by atoms with E-state index >= 15 is 0 Å². The van der Waals surface area contributed by atoms with Crippen LogP contribution in [0.15, 0.2) is 4.90 Å². The van der Waals surface area contributed by atoms with Crippen LogP contribution in [-0.2, 0) is 10.0 Å². The van der Waals surface area contributed by atoms with Crippen molar-refractivity contribution in [3.05, 3.63) is 17.0 Å². The van der Waals surface area contributed by atoms with Crippen molar-refractivity contribution in [1.82, 2.24) is 9.71 Å². The highest BCUT2D eigenvalue weighted by atomic mass is 32.2. The Morgan fingerprint density at radius 3 is 2.25 bits per heavy atom. The number of carboxylic acids is 1. The molecule has 0 aliphatic heterocycles. The quantitative estimate of drug-likeness (QED) is 0.614. The number of nitrogens with one attached hydrogen (secondary N) is 2. The number of hydrogen-bond acceptors (Lipinski definition) is 4. The molecule has 0 aliphatic rings. The molecule has 0 saturated heterocycles. The lowest BCUT2D eigenvalue weighted by Gasteiger charge is -2.20. The van der Waals surface area contributed by atoms with Gasteiger partial charge in [0.15, 0.2) is 0 Å². The predicted octanol–water partition coefficient (Wildman–Crippen LogP) is 0.625. The van der Waals surface area contributed by atoms with Crippen molar-refractivity contribution < 1.29 is 23.4 Å². The third-order valence-electron chi connectivity index (χ3n) is 3.16. The maximum atomic E-state index is 12.3. The van der Waals surface area contributed by atoms with E-state index in [0.717, 1.165) is 0 Å². The number of carbonyl (C=O) groups is 1. The van der Waals surface area contributed by atoms with E-state index in [1.165, 1.54) is 13.8 Å². The molecule has 0 aliphatic carbocycles. The number of aliphatic hydroxyl groups excluding tert-OH is 1. The van der Waals surface area contributed by atoms with Crippen LogP contribution in [0.4, 0.5) is 0 Å². The molecule has 20 heavy (non-hydrogen) atoms. The molecule has 1 aromatic rings. The normalized spacial score (nSPS) is 13.7. The maximum Gasteiger partial charge on any atom is 0.352 e. The van der Waals surface area contributed by atoms with Crippen LogP contribution in [0.25, 0.3) is 0 Å². The zero-order chi connectivity index (χ0) is 15.7. The highest BCUT2D eigenvalue weighted by Crippen LogP contribution is 2.23. The fourth-order valence-corrected chi connectivity index (χ4v) is 3.81. The Kier molecular flexibility index (Phi) is 4.95. The van der Waals surface area contributed by atoms with Crippen molar-refractivity contribution in [2.24, 2.45) is 5.92 Å². The Hall–Kier alpha value is -1.38. The van der Waals surface area contributed by atoms with Crippen LogP contribution in [0.1, 0.15) is 35.6 Å². The summed E-state index contributed by atoms with van der Waals surface area (Å²) < 4.78 is 27.1. The van der Waals surface area contributed by atoms with Gasteiger partial charge in [-0.25, -0.2) is 17.9 Å². The lowest BCUT2D eigenvalue weighted by molar-refractivity contribution is 0.0690. The fraction of sp³-hybridized carbons (Fsp3) is 0.583. The van der Waals surface area contributed by atoms with Crippen LogP contribution in [0.3, 0.4) is 0 Å². The average Bonchev–Trinajstić information content (AvgIpc) is 2.62. The number of hydrogen-bond donors (Lipinski definition) is 4. The number of rotatable bonds is 6. The van der Waals surface area contributed by atoms with E-state index in [-0.39, 0.29) is 34.4 Å². The molecule has 0 radical (unpaired) electrons. The summed E-state index contributed by atoms with van der Waals surface area (Å²) in [5, 5.41) is 18.2. The maximum absolute atomic E-state index is 12.3. The molecule has 0 saturated carbocycles. The molecule has 0 spiro atoms. The standard InChI is InChI=1S/C12H20N2O5S/c1-6(2)9(5-15)14-20(18,19)11-7(3)10(12(16)17)13-8(11)4/h6,9,13-15H,5H2,1-4H3,(H,16,17)/t9-/m1/s1. The van der Waals surface area contributed by atoms with Crippen molar-refractivity contribution in [3.8, 4) is 0 Å². The predicted molar refractivity (Wildman–Crippen MR) is 73.3 cm³/mol. The van der Waals surface area contributed by atoms with Gasteiger partial charge in [0.05, 0.1) is 6.61 Å². The van der Waals surface area contributed by atoms with Crippen LogP contribution in [0.2, 0.25) is 0 Å². The molecule has 8 heteroatoms. The van der Waals surface area contributed by atoms with Gasteiger partial charge in [-0.2, -0.15) is 0 Å². The van der Waals surface area contributed by atoms with Gasteiger partial charge in [0, 0.05) is 17.3 Å². The summed E-state index contributed by atoms with van der Waals surface area (Å²) in [4.78, 5) is 13.5. The summed E-state index contributed by atoms with van der Waals surface area (Å²) >= 11 is 0. The summed E-state index contributed by atoms with van der Waals surface area (Å²) in [6, 6.07) is -0.623. The minimum atomic E-state index is -3.90. The second-order valence-corrected chi connectivity index (χ2v) is 6.69. The Morgan fingerprint density at radius 1 is 1.35 bits per heavy atom. The van der Waals surface area contributed by atoms with Crippen LogP contribution < -0.4 is 4.72 Å². The molecule has 0 aromatic carbocycles. The summed E-state index contributed by atoms with van der Waals surface area (Å²) in [5.41, 5.74) is 0.267. The topological polar surface area (TPSA) is 119 Å². The minimum Gasteiger partial charge on any atom is -0.477 e. The Labute approximate surface area is 118 Å². The molecular weight excluding hydrogens is 284 g/mol. The molecule has 0 fully saturated rings. The van der Waals surface area contributed by atoms with E-state index in [2.05, 4.69) is 9.71 Å². The van der Waals surface area contributed by atoms with E-state index in [1.54, 1.807) is 13.8 Å². The van der Waals surface area contributed by atoms with E-state index in [9.17, 15) is 18.3 Å². The highest BCUT2D eigenvalue weighted by molar-refractivity contribution is 7.89. The third kappa shape index (κ3) is 3.20. The second-order valence-electron chi connectivity index (χ2n) is 5.04. The van der Waals surface area contributed by atoms with Crippen LogP contribution in [0.5, 0.6) is 0 Å². The molecule has 4 N–H and O–H groups in total. The number of aliphatic hydroxyl groups is 1. The van der Waals surface area contributed by atoms with E-state index in [1.807, 2.05) is 0 Å². The smallest absolute Gasteiger partial charge is 0.352 e. The second kappa shape index (κ2) is 5.94. The third-order valence-corrected chi connectivity index (χ3v) is 4.92. The number of aryl methyl sites for hydroxylation is 1. The average molecular weight is 304 g/mol. The van der Waals surface area contributed by atoms with Crippen LogP contribution >= 0.6 is 0 Å². The van der Waals surface area contributed by atoms with Crippen LogP contribution in [-0.4, -0.2) is 42.2 Å². The lowest BCUT2D eigenvalue weighted by Crippen LogP contribution is -2.41. The summed E-state index contributed by atoms with van der Waals surface area (Å²) in [6.07, 6.45) is 0. The Morgan fingerprint density at radius 2 is 1.90 bits per heavy atom. The lowest BCUT2D eigenvalue weighted by atomic mass is 10.1. The van der Waals surface area contributed by atoms with E-state index < -0.39 is 22.0 Å². The number of sulfonamides is 1. The molecule has 7 nitrogen and oxygen atoms in total. The fourth-order valence-electron chi connectivity index (χ4n) is 1.99. The molecule has 0 unspecified atom stereocenters. The highest BCUT2D eigenvalue weighted by Gasteiger charge is 2.29. The first-order valence-electron chi connectivity index (χ1n) is 6.17. The van der Waals surface area contributed by atoms with Crippen LogP contribution in [0, 0.1) is 19.8 Å². The van der Waals surface area contributed by atoms with Gasteiger partial charge in [-0.05, 0) is 19.8 Å². The largest absolute Gasteiger partial charge is 0.477 e. The monoisotopic (exact) mass is 304 g/mol. The number of aromatic amines is 1. The van der Waals surface area contributed by atoms with Crippen molar-refractivity contribution in [2.45, 2.75) is 38.6 Å². The van der Waals surface area contributed by atoms with E-state index in [0.29, 0.717) is 0 Å². The van der Waals surface area contributed by atoms with Gasteiger partial charge in [-0.1, -0.05) is 13.8 Å². The van der Waals surface area contributed by atoms with Gasteiger partial charge in [0.1, 0.15) is 10.6 Å². The van der Waals surface area contributed by atoms with Gasteiger partial charge in [-0.3, -0.25) is 0 Å². The van der Waals surface area contributed by atoms with Crippen molar-refractivity contribution >= 4 is 16.0 Å². The Balaban J connectivity index is 3.26. The molecule has 0 bridgehead atoms. The molecular formula is C12H20N2O5S. The first-order valence-corrected chi connectivity index (χ1v) is 7.65. The number of H-pyrrole nitrogens is 1. The molecule has 1 aromatic heterocycles. The van der Waals surface area contributed by atoms with E-state index in [4.69, 9.17) is 5.11 Å². The number of aromatic nitrogens is 1. The molecule has 1 rings (SSSR count). The van der Waals surface area contributed by atoms with Crippen molar-refractivity contribution in [2.75, 3.05) is 6.61 Å². The summed E-state index contributed by atoms with van der Waals surface area (Å²) in [5.74, 6) is -1.30. The Bertz CT molecular complexity index is 604. The molecule has 114 valence electrons. The number of aromatic carboxylic acids is 1. The van der Waals surface area contributed by atoms with Crippen molar-refractivity contribution in [3.63, 3.8) is 0 Å². The molecule has 1 heterocycles. The zero-order valence-corrected chi connectivity index (χ0v) is 12.7. The molecule has 0 amide bonds. The zero-order valence-electron chi connectivity index (χ0n) is 11.9. The first-order chi connectivity index (χ1) is 9.11. The first kappa shape index (κ1) is 16.7. The summed E-state index contributed by atoms with van der Waals surface area (Å²) in [7, 11) is -3.90. The minimum absolute atomic E-state index is 0.0750.